The van der Waals surface area contributed by atoms with E-state index in [0.717, 1.165) is 17.4 Å². The lowest BCUT2D eigenvalue weighted by atomic mass is 9.86. The van der Waals surface area contributed by atoms with Crippen LogP contribution < -0.4 is 10.2 Å². The summed E-state index contributed by atoms with van der Waals surface area (Å²) in [5, 5.41) is 2.80. The van der Waals surface area contributed by atoms with Gasteiger partial charge in [0.2, 0.25) is 5.91 Å². The SMILES string of the molecule is Cc1ccc(CNC(=O)c2ccc3c(c2)N(Cc2cc(F)cc(F)c2)C(=O)C3(C)C)o1. The first-order valence-electron chi connectivity index (χ1n) is 9.90. The number of aryl methyl sites for hydroxylation is 1. The van der Waals surface area contributed by atoms with E-state index in [0.29, 0.717) is 22.6 Å². The molecule has 0 bridgehead atoms. The van der Waals surface area contributed by atoms with Crippen LogP contribution in [0.25, 0.3) is 0 Å². The number of furan rings is 1. The van der Waals surface area contributed by atoms with Gasteiger partial charge in [-0.25, -0.2) is 8.78 Å². The smallest absolute Gasteiger partial charge is 0.251 e. The molecule has 4 rings (SSSR count). The quantitative estimate of drug-likeness (QED) is 0.650. The van der Waals surface area contributed by atoms with Gasteiger partial charge in [0.1, 0.15) is 23.2 Å². The molecule has 160 valence electrons. The van der Waals surface area contributed by atoms with Crippen molar-refractivity contribution in [3.8, 4) is 0 Å². The Morgan fingerprint density at radius 3 is 2.42 bits per heavy atom. The normalized spacial score (nSPS) is 14.6. The Morgan fingerprint density at radius 2 is 1.77 bits per heavy atom. The third-order valence-corrected chi connectivity index (χ3v) is 5.49. The number of anilines is 1. The summed E-state index contributed by atoms with van der Waals surface area (Å²) in [4.78, 5) is 27.2. The maximum atomic E-state index is 13.6. The molecule has 0 atom stereocenters. The minimum absolute atomic E-state index is 0.000682. The lowest BCUT2D eigenvalue weighted by Crippen LogP contribution is -2.35. The van der Waals surface area contributed by atoms with E-state index in [1.165, 1.54) is 17.0 Å². The first-order valence-corrected chi connectivity index (χ1v) is 9.90. The van der Waals surface area contributed by atoms with Crippen molar-refractivity contribution in [2.24, 2.45) is 0 Å². The molecule has 1 aliphatic rings. The zero-order valence-corrected chi connectivity index (χ0v) is 17.5. The van der Waals surface area contributed by atoms with Gasteiger partial charge < -0.3 is 14.6 Å². The second kappa shape index (κ2) is 7.65. The summed E-state index contributed by atoms with van der Waals surface area (Å²) >= 11 is 0. The highest BCUT2D eigenvalue weighted by Gasteiger charge is 2.44. The van der Waals surface area contributed by atoms with Crippen molar-refractivity contribution in [1.82, 2.24) is 5.32 Å². The molecule has 0 aliphatic carbocycles. The summed E-state index contributed by atoms with van der Waals surface area (Å²) in [7, 11) is 0. The Morgan fingerprint density at radius 1 is 1.06 bits per heavy atom. The van der Waals surface area contributed by atoms with E-state index in [-0.39, 0.29) is 24.9 Å². The van der Waals surface area contributed by atoms with Crippen molar-refractivity contribution in [2.75, 3.05) is 4.90 Å². The van der Waals surface area contributed by atoms with Crippen molar-refractivity contribution in [3.63, 3.8) is 0 Å². The van der Waals surface area contributed by atoms with Gasteiger partial charge in [-0.3, -0.25) is 9.59 Å². The van der Waals surface area contributed by atoms with E-state index in [1.807, 2.05) is 13.0 Å². The molecule has 2 aromatic carbocycles. The van der Waals surface area contributed by atoms with Crippen LogP contribution in [0.2, 0.25) is 0 Å². The van der Waals surface area contributed by atoms with Crippen LogP contribution in [0.4, 0.5) is 14.5 Å². The predicted molar refractivity (Wildman–Crippen MR) is 112 cm³/mol. The molecule has 1 aromatic heterocycles. The van der Waals surface area contributed by atoms with Gasteiger partial charge in [-0.15, -0.1) is 0 Å². The van der Waals surface area contributed by atoms with Crippen LogP contribution in [-0.4, -0.2) is 11.8 Å². The largest absolute Gasteiger partial charge is 0.465 e. The summed E-state index contributed by atoms with van der Waals surface area (Å²) < 4.78 is 32.7. The topological polar surface area (TPSA) is 62.6 Å². The third-order valence-electron chi connectivity index (χ3n) is 5.49. The van der Waals surface area contributed by atoms with Crippen molar-refractivity contribution >= 4 is 17.5 Å². The van der Waals surface area contributed by atoms with Gasteiger partial charge in [0.05, 0.1) is 18.5 Å². The summed E-state index contributed by atoms with van der Waals surface area (Å²) in [5.74, 6) is -0.531. The summed E-state index contributed by atoms with van der Waals surface area (Å²) in [6.45, 7) is 5.64. The second-order valence-corrected chi connectivity index (χ2v) is 8.22. The van der Waals surface area contributed by atoms with Crippen molar-refractivity contribution in [3.05, 3.63) is 88.4 Å². The van der Waals surface area contributed by atoms with Crippen LogP contribution in [0.5, 0.6) is 0 Å². The molecular formula is C24H22F2N2O3. The summed E-state index contributed by atoms with van der Waals surface area (Å²) in [6.07, 6.45) is 0. The molecular weight excluding hydrogens is 402 g/mol. The highest BCUT2D eigenvalue weighted by molar-refractivity contribution is 6.08. The number of halogens is 2. The molecule has 3 aromatic rings. The van der Waals surface area contributed by atoms with Crippen molar-refractivity contribution in [1.29, 1.82) is 0 Å². The van der Waals surface area contributed by atoms with E-state index < -0.39 is 17.0 Å². The molecule has 2 amide bonds. The molecule has 0 radical (unpaired) electrons. The first-order chi connectivity index (χ1) is 14.6. The molecule has 0 unspecified atom stereocenters. The predicted octanol–water partition coefficient (Wildman–Crippen LogP) is 4.62. The van der Waals surface area contributed by atoms with E-state index in [1.54, 1.807) is 38.1 Å². The molecule has 7 heteroatoms. The lowest BCUT2D eigenvalue weighted by molar-refractivity contribution is -0.122. The number of benzene rings is 2. The van der Waals surface area contributed by atoms with Crippen LogP contribution >= 0.6 is 0 Å². The van der Waals surface area contributed by atoms with Gasteiger partial charge in [-0.1, -0.05) is 6.07 Å². The Bertz CT molecular complexity index is 1160. The van der Waals surface area contributed by atoms with E-state index >= 15 is 0 Å². The van der Waals surface area contributed by atoms with Gasteiger partial charge in [-0.2, -0.15) is 0 Å². The Balaban J connectivity index is 1.62. The van der Waals surface area contributed by atoms with E-state index in [4.69, 9.17) is 4.42 Å². The fraction of sp³-hybridized carbons (Fsp3) is 0.250. The number of carbonyl (C=O) groups excluding carboxylic acids is 2. The van der Waals surface area contributed by atoms with E-state index in [9.17, 15) is 18.4 Å². The lowest BCUT2D eigenvalue weighted by Gasteiger charge is -2.20. The highest BCUT2D eigenvalue weighted by atomic mass is 19.1. The number of rotatable bonds is 5. The molecule has 0 saturated heterocycles. The first kappa shape index (κ1) is 20.8. The van der Waals surface area contributed by atoms with Gasteiger partial charge >= 0.3 is 0 Å². The number of hydrogen-bond acceptors (Lipinski definition) is 3. The van der Waals surface area contributed by atoms with Crippen LogP contribution in [-0.2, 0) is 23.3 Å². The Labute approximate surface area is 178 Å². The number of carbonyl (C=O) groups is 2. The molecule has 0 spiro atoms. The van der Waals surface area contributed by atoms with Crippen molar-refractivity contribution in [2.45, 2.75) is 39.3 Å². The fourth-order valence-electron chi connectivity index (χ4n) is 3.88. The molecule has 5 nitrogen and oxygen atoms in total. The second-order valence-electron chi connectivity index (χ2n) is 8.22. The number of amides is 2. The zero-order valence-electron chi connectivity index (χ0n) is 17.5. The van der Waals surface area contributed by atoms with Crippen LogP contribution in [0, 0.1) is 18.6 Å². The fourth-order valence-corrected chi connectivity index (χ4v) is 3.88. The minimum atomic E-state index is -0.818. The standard InChI is InChI=1S/C24H22F2N2O3/c1-14-4-6-19(31-14)12-27-22(29)16-5-7-20-21(10-16)28(23(30)24(20,2)3)13-15-8-17(25)11-18(26)9-15/h4-11H,12-13H2,1-3H3,(H,27,29). The average molecular weight is 424 g/mol. The number of fused-ring (bicyclic) bond motifs is 1. The molecule has 0 fully saturated rings. The maximum Gasteiger partial charge on any atom is 0.251 e. The molecule has 1 aliphatic heterocycles. The summed E-state index contributed by atoms with van der Waals surface area (Å²) in [5.41, 5.74) is 1.20. The zero-order chi connectivity index (χ0) is 22.3. The number of nitrogens with one attached hydrogen (secondary N) is 1. The Kier molecular flexibility index (Phi) is 5.13. The molecule has 31 heavy (non-hydrogen) atoms. The van der Waals surface area contributed by atoms with Crippen LogP contribution in [0.15, 0.2) is 52.9 Å². The monoisotopic (exact) mass is 424 g/mol. The van der Waals surface area contributed by atoms with Gasteiger partial charge in [-0.05, 0) is 68.3 Å². The number of nitrogens with zero attached hydrogens (tertiary/aromatic N) is 1. The summed E-state index contributed by atoms with van der Waals surface area (Å²) in [6, 6.07) is 11.9. The van der Waals surface area contributed by atoms with Gasteiger partial charge in [0, 0.05) is 17.3 Å². The molecule has 0 saturated carbocycles. The molecule has 1 N–H and O–H groups in total. The Hall–Kier alpha value is -3.48. The van der Waals surface area contributed by atoms with Gasteiger partial charge in [0.15, 0.2) is 0 Å². The van der Waals surface area contributed by atoms with Crippen LogP contribution in [0.1, 0.15) is 46.9 Å². The highest BCUT2D eigenvalue weighted by Crippen LogP contribution is 2.42. The van der Waals surface area contributed by atoms with E-state index in [2.05, 4.69) is 5.32 Å². The molecule has 2 heterocycles. The third kappa shape index (κ3) is 3.95. The van der Waals surface area contributed by atoms with Gasteiger partial charge in [0.25, 0.3) is 5.91 Å². The number of hydrogen-bond donors (Lipinski definition) is 1. The minimum Gasteiger partial charge on any atom is -0.465 e. The van der Waals surface area contributed by atoms with Crippen molar-refractivity contribution < 1.29 is 22.8 Å². The van der Waals surface area contributed by atoms with Crippen LogP contribution in [0.3, 0.4) is 0 Å². The average Bonchev–Trinajstić information content (AvgIpc) is 3.20. The maximum absolute atomic E-state index is 13.6.